The van der Waals surface area contributed by atoms with Crippen molar-refractivity contribution in [3.8, 4) is 0 Å². The van der Waals surface area contributed by atoms with Crippen molar-refractivity contribution in [2.24, 2.45) is 0 Å². The molecule has 0 saturated carbocycles. The van der Waals surface area contributed by atoms with Gasteiger partial charge in [-0.05, 0) is 23.1 Å². The average Bonchev–Trinajstić information content (AvgIpc) is 3.07. The molecule has 0 spiro atoms. The zero-order valence-electron chi connectivity index (χ0n) is 14.0. The van der Waals surface area contributed by atoms with Gasteiger partial charge in [0.2, 0.25) is 10.0 Å². The Balaban J connectivity index is 1.64. The summed E-state index contributed by atoms with van der Waals surface area (Å²) in [5.74, 6) is 0. The molecule has 0 radical (unpaired) electrons. The Morgan fingerprint density at radius 1 is 1.21 bits per heavy atom. The number of fused-ring (bicyclic) bond motifs is 1. The number of hydrogen-bond donors (Lipinski definition) is 1. The highest BCUT2D eigenvalue weighted by Gasteiger charge is 2.17. The molecule has 0 aliphatic carbocycles. The first kappa shape index (κ1) is 17.1. The third kappa shape index (κ3) is 3.68. The van der Waals surface area contributed by atoms with Crippen LogP contribution in [0.1, 0.15) is 32.0 Å². The maximum Gasteiger partial charge on any atom is 0.240 e. The first-order valence-electron chi connectivity index (χ1n) is 7.77. The average molecular weight is 364 g/mol. The molecule has 1 N–H and O–H groups in total. The fraction of sp³-hybridized carbons (Fsp3) is 0.353. The summed E-state index contributed by atoms with van der Waals surface area (Å²) in [6, 6.07) is 7.07. The van der Waals surface area contributed by atoms with Gasteiger partial charge in [-0.3, -0.25) is 4.40 Å². The van der Waals surface area contributed by atoms with Crippen molar-refractivity contribution in [2.45, 2.75) is 37.5 Å². The minimum absolute atomic E-state index is 0.00367. The Hall–Kier alpha value is -1.70. The van der Waals surface area contributed by atoms with Crippen LogP contribution < -0.4 is 4.72 Å². The summed E-state index contributed by atoms with van der Waals surface area (Å²) in [6.07, 6.45) is 4.43. The van der Waals surface area contributed by atoms with Crippen LogP contribution >= 0.6 is 11.3 Å². The van der Waals surface area contributed by atoms with E-state index in [1.807, 2.05) is 34.3 Å². The lowest BCUT2D eigenvalue weighted by atomic mass is 9.87. The monoisotopic (exact) mass is 363 g/mol. The molecule has 0 fully saturated rings. The number of rotatable bonds is 5. The third-order valence-electron chi connectivity index (χ3n) is 3.85. The predicted octanol–water partition coefficient (Wildman–Crippen LogP) is 3.21. The number of aromatic nitrogens is 2. The Bertz CT molecular complexity index is 904. The molecule has 1 aromatic carbocycles. The highest BCUT2D eigenvalue weighted by atomic mass is 32.2. The summed E-state index contributed by atoms with van der Waals surface area (Å²) in [5.41, 5.74) is 2.00. The summed E-state index contributed by atoms with van der Waals surface area (Å²) in [7, 11) is -3.49. The Kier molecular flexibility index (Phi) is 4.50. The van der Waals surface area contributed by atoms with E-state index in [-0.39, 0.29) is 5.41 Å². The van der Waals surface area contributed by atoms with E-state index in [0.717, 1.165) is 16.2 Å². The summed E-state index contributed by atoms with van der Waals surface area (Å²) < 4.78 is 29.3. The van der Waals surface area contributed by atoms with Crippen LogP contribution in [0, 0.1) is 0 Å². The topological polar surface area (TPSA) is 63.5 Å². The zero-order chi connectivity index (χ0) is 17.4. The molecule has 24 heavy (non-hydrogen) atoms. The van der Waals surface area contributed by atoms with E-state index >= 15 is 0 Å². The van der Waals surface area contributed by atoms with Crippen LogP contribution in [-0.4, -0.2) is 24.3 Å². The van der Waals surface area contributed by atoms with Gasteiger partial charge in [0.05, 0.1) is 10.6 Å². The van der Waals surface area contributed by atoms with Crippen molar-refractivity contribution in [3.63, 3.8) is 0 Å². The minimum Gasteiger partial charge on any atom is -0.297 e. The predicted molar refractivity (Wildman–Crippen MR) is 97.1 cm³/mol. The van der Waals surface area contributed by atoms with Crippen molar-refractivity contribution in [3.05, 3.63) is 53.3 Å². The fourth-order valence-corrected chi connectivity index (χ4v) is 4.18. The normalized spacial score (nSPS) is 12.8. The van der Waals surface area contributed by atoms with Crippen LogP contribution in [0.2, 0.25) is 0 Å². The van der Waals surface area contributed by atoms with Gasteiger partial charge >= 0.3 is 0 Å². The van der Waals surface area contributed by atoms with Crippen LogP contribution in [-0.2, 0) is 21.9 Å². The van der Waals surface area contributed by atoms with Crippen molar-refractivity contribution in [2.75, 3.05) is 6.54 Å². The first-order valence-corrected chi connectivity index (χ1v) is 10.1. The number of nitrogens with one attached hydrogen (secondary N) is 1. The van der Waals surface area contributed by atoms with Gasteiger partial charge in [-0.2, -0.15) is 0 Å². The molecular weight excluding hydrogens is 342 g/mol. The van der Waals surface area contributed by atoms with E-state index in [4.69, 9.17) is 0 Å². The van der Waals surface area contributed by atoms with E-state index in [2.05, 4.69) is 30.5 Å². The molecular formula is C17H21N3O2S2. The lowest BCUT2D eigenvalue weighted by Gasteiger charge is -2.19. The highest BCUT2D eigenvalue weighted by Crippen LogP contribution is 2.23. The van der Waals surface area contributed by atoms with Crippen LogP contribution in [0.4, 0.5) is 0 Å². The Labute approximate surface area is 146 Å². The summed E-state index contributed by atoms with van der Waals surface area (Å²) in [6.45, 7) is 6.63. The third-order valence-corrected chi connectivity index (χ3v) is 6.09. The molecule has 0 amide bonds. The molecule has 0 aliphatic heterocycles. The summed E-state index contributed by atoms with van der Waals surface area (Å²) in [5, 5.41) is 1.97. The molecule has 7 heteroatoms. The van der Waals surface area contributed by atoms with Gasteiger partial charge in [-0.1, -0.05) is 32.9 Å². The van der Waals surface area contributed by atoms with Gasteiger partial charge in [-0.15, -0.1) is 11.3 Å². The molecule has 5 nitrogen and oxygen atoms in total. The lowest BCUT2D eigenvalue weighted by Crippen LogP contribution is -2.26. The summed E-state index contributed by atoms with van der Waals surface area (Å²) >= 11 is 1.56. The Morgan fingerprint density at radius 2 is 1.92 bits per heavy atom. The van der Waals surface area contributed by atoms with E-state index < -0.39 is 10.0 Å². The maximum atomic E-state index is 12.4. The molecule has 0 aliphatic rings. The number of benzene rings is 1. The van der Waals surface area contributed by atoms with Gasteiger partial charge in [0.15, 0.2) is 4.96 Å². The maximum absolute atomic E-state index is 12.4. The smallest absolute Gasteiger partial charge is 0.240 e. The van der Waals surface area contributed by atoms with Gasteiger partial charge in [-0.25, -0.2) is 18.1 Å². The van der Waals surface area contributed by atoms with Gasteiger partial charge in [0.25, 0.3) is 0 Å². The van der Waals surface area contributed by atoms with Crippen molar-refractivity contribution in [1.29, 1.82) is 0 Å². The SMILES string of the molecule is CC(C)(C)c1ccc(S(=O)(=O)NCCc2cn3ccsc3n2)cc1. The minimum atomic E-state index is -3.49. The van der Waals surface area contributed by atoms with Crippen molar-refractivity contribution >= 4 is 26.3 Å². The molecule has 0 bridgehead atoms. The first-order chi connectivity index (χ1) is 11.3. The summed E-state index contributed by atoms with van der Waals surface area (Å²) in [4.78, 5) is 5.67. The second-order valence-corrected chi connectivity index (χ2v) is 9.39. The Morgan fingerprint density at radius 3 is 2.54 bits per heavy atom. The second kappa shape index (κ2) is 6.31. The standard InChI is InChI=1S/C17H21N3O2S2/c1-17(2,3)13-4-6-15(7-5-13)24(21,22)18-9-8-14-12-20-10-11-23-16(20)19-14/h4-7,10-12,18H,8-9H2,1-3H3. The van der Waals surface area contributed by atoms with E-state index in [1.165, 1.54) is 0 Å². The number of nitrogens with zero attached hydrogens (tertiary/aromatic N) is 2. The van der Waals surface area contributed by atoms with Gasteiger partial charge in [0, 0.05) is 30.7 Å². The fourth-order valence-electron chi connectivity index (χ4n) is 2.43. The van der Waals surface area contributed by atoms with Crippen LogP contribution in [0.25, 0.3) is 4.96 Å². The van der Waals surface area contributed by atoms with E-state index in [9.17, 15) is 8.42 Å². The van der Waals surface area contributed by atoms with E-state index in [1.54, 1.807) is 23.5 Å². The van der Waals surface area contributed by atoms with Gasteiger partial charge < -0.3 is 0 Å². The van der Waals surface area contributed by atoms with Gasteiger partial charge in [0.1, 0.15) is 0 Å². The molecule has 128 valence electrons. The van der Waals surface area contributed by atoms with E-state index in [0.29, 0.717) is 17.9 Å². The number of thiazole rings is 1. The molecule has 0 atom stereocenters. The second-order valence-electron chi connectivity index (χ2n) is 6.75. The molecule has 3 aromatic rings. The van der Waals surface area contributed by atoms with Crippen molar-refractivity contribution < 1.29 is 8.42 Å². The van der Waals surface area contributed by atoms with Crippen LogP contribution in [0.15, 0.2) is 46.9 Å². The zero-order valence-corrected chi connectivity index (χ0v) is 15.6. The lowest BCUT2D eigenvalue weighted by molar-refractivity contribution is 0.578. The van der Waals surface area contributed by atoms with Crippen LogP contribution in [0.5, 0.6) is 0 Å². The molecule has 0 unspecified atom stereocenters. The number of sulfonamides is 1. The molecule has 0 saturated heterocycles. The van der Waals surface area contributed by atoms with Crippen LogP contribution in [0.3, 0.4) is 0 Å². The largest absolute Gasteiger partial charge is 0.297 e. The number of imidazole rings is 1. The molecule has 3 rings (SSSR count). The quantitative estimate of drug-likeness (QED) is 0.757. The molecule has 2 aromatic heterocycles. The molecule has 2 heterocycles. The highest BCUT2D eigenvalue weighted by molar-refractivity contribution is 7.89. The van der Waals surface area contributed by atoms with Crippen molar-refractivity contribution in [1.82, 2.24) is 14.1 Å². The number of hydrogen-bond acceptors (Lipinski definition) is 4.